The van der Waals surface area contributed by atoms with Gasteiger partial charge in [0.2, 0.25) is 11.8 Å². The van der Waals surface area contributed by atoms with Crippen LogP contribution in [0.4, 0.5) is 5.69 Å². The Morgan fingerprint density at radius 1 is 1.38 bits per heavy atom. The third kappa shape index (κ3) is 4.04. The van der Waals surface area contributed by atoms with Gasteiger partial charge < -0.3 is 15.7 Å². The predicted molar refractivity (Wildman–Crippen MR) is 80.9 cm³/mol. The number of rotatable bonds is 6. The zero-order valence-electron chi connectivity index (χ0n) is 12.4. The Morgan fingerprint density at radius 2 is 2.10 bits per heavy atom. The van der Waals surface area contributed by atoms with Gasteiger partial charge in [0.25, 0.3) is 0 Å². The van der Waals surface area contributed by atoms with Crippen LogP contribution in [-0.4, -0.2) is 29.6 Å². The van der Waals surface area contributed by atoms with Gasteiger partial charge in [-0.3, -0.25) is 9.59 Å². The van der Waals surface area contributed by atoms with E-state index < -0.39 is 5.92 Å². The number of nitrogens with one attached hydrogen (secondary N) is 2. The van der Waals surface area contributed by atoms with E-state index in [1.807, 2.05) is 31.2 Å². The minimum absolute atomic E-state index is 0.122. The summed E-state index contributed by atoms with van der Waals surface area (Å²) < 4.78 is 0. The fourth-order valence-electron chi connectivity index (χ4n) is 2.69. The van der Waals surface area contributed by atoms with Crippen LogP contribution in [0, 0.1) is 5.92 Å². The molecule has 2 amide bonds. The van der Waals surface area contributed by atoms with E-state index in [1.165, 1.54) is 0 Å². The van der Waals surface area contributed by atoms with E-state index in [4.69, 9.17) is 0 Å². The van der Waals surface area contributed by atoms with Crippen LogP contribution in [0.15, 0.2) is 24.3 Å². The van der Waals surface area contributed by atoms with E-state index in [-0.39, 0.29) is 30.3 Å². The van der Waals surface area contributed by atoms with E-state index >= 15 is 0 Å². The molecule has 1 aromatic carbocycles. The molecule has 1 aliphatic heterocycles. The van der Waals surface area contributed by atoms with Crippen LogP contribution in [0.3, 0.4) is 0 Å². The van der Waals surface area contributed by atoms with Crippen LogP contribution in [-0.2, 0) is 9.59 Å². The Morgan fingerprint density at radius 3 is 2.81 bits per heavy atom. The summed E-state index contributed by atoms with van der Waals surface area (Å²) in [5.74, 6) is -0.459. The van der Waals surface area contributed by atoms with Crippen molar-refractivity contribution in [3.8, 4) is 0 Å². The van der Waals surface area contributed by atoms with Crippen LogP contribution in [0.1, 0.15) is 38.2 Å². The second-order valence-electron chi connectivity index (χ2n) is 5.83. The lowest BCUT2D eigenvalue weighted by molar-refractivity contribution is -0.125. The second-order valence-corrected chi connectivity index (χ2v) is 5.83. The van der Waals surface area contributed by atoms with Gasteiger partial charge in [-0.1, -0.05) is 25.1 Å². The van der Waals surface area contributed by atoms with Crippen LogP contribution < -0.4 is 10.6 Å². The van der Waals surface area contributed by atoms with Gasteiger partial charge >= 0.3 is 0 Å². The standard InChI is InChI=1S/C16H22N2O3/c1-10(7-11(2)19)9-17-15(20)8-13-12-5-3-4-6-14(12)18-16(13)21/h3-6,10-11,13,19H,7-9H2,1-2H3,(H,17,20)(H,18,21). The molecule has 3 atom stereocenters. The highest BCUT2D eigenvalue weighted by Crippen LogP contribution is 2.34. The van der Waals surface area contributed by atoms with Crippen molar-refractivity contribution >= 4 is 17.5 Å². The van der Waals surface area contributed by atoms with Crippen molar-refractivity contribution in [3.63, 3.8) is 0 Å². The summed E-state index contributed by atoms with van der Waals surface area (Å²) in [5.41, 5.74) is 1.68. The van der Waals surface area contributed by atoms with Crippen molar-refractivity contribution in [2.75, 3.05) is 11.9 Å². The molecule has 0 aliphatic carbocycles. The molecule has 5 heteroatoms. The topological polar surface area (TPSA) is 78.4 Å². The Kier molecular flexibility index (Phi) is 4.96. The maximum absolute atomic E-state index is 12.0. The number of fused-ring (bicyclic) bond motifs is 1. The maximum Gasteiger partial charge on any atom is 0.232 e. The molecule has 0 aromatic heterocycles. The van der Waals surface area contributed by atoms with Gasteiger partial charge in [-0.05, 0) is 30.9 Å². The molecule has 0 fully saturated rings. The molecule has 0 bridgehead atoms. The minimum atomic E-state index is -0.409. The van der Waals surface area contributed by atoms with E-state index in [2.05, 4.69) is 10.6 Å². The number of aliphatic hydroxyl groups excluding tert-OH is 1. The molecular formula is C16H22N2O3. The van der Waals surface area contributed by atoms with Crippen molar-refractivity contribution in [2.24, 2.45) is 5.92 Å². The van der Waals surface area contributed by atoms with Gasteiger partial charge in [0.15, 0.2) is 0 Å². The number of anilines is 1. The highest BCUT2D eigenvalue weighted by Gasteiger charge is 2.31. The Bertz CT molecular complexity index is 528. The first-order valence-corrected chi connectivity index (χ1v) is 7.32. The number of carbonyl (C=O) groups is 2. The molecule has 0 saturated heterocycles. The normalized spacial score (nSPS) is 19.6. The fraction of sp³-hybridized carbons (Fsp3) is 0.500. The van der Waals surface area contributed by atoms with Gasteiger partial charge in [0.05, 0.1) is 12.0 Å². The molecule has 2 rings (SSSR count). The van der Waals surface area contributed by atoms with Gasteiger partial charge in [0, 0.05) is 18.7 Å². The predicted octanol–water partition coefficient (Wildman–Crippen LogP) is 1.64. The Balaban J connectivity index is 1.87. The average molecular weight is 290 g/mol. The summed E-state index contributed by atoms with van der Waals surface area (Å²) >= 11 is 0. The molecule has 3 N–H and O–H groups in total. The highest BCUT2D eigenvalue weighted by atomic mass is 16.3. The first kappa shape index (κ1) is 15.5. The molecule has 5 nitrogen and oxygen atoms in total. The average Bonchev–Trinajstić information content (AvgIpc) is 2.72. The van der Waals surface area contributed by atoms with Crippen molar-refractivity contribution in [1.29, 1.82) is 0 Å². The number of carbonyl (C=O) groups excluding carboxylic acids is 2. The smallest absolute Gasteiger partial charge is 0.232 e. The molecular weight excluding hydrogens is 268 g/mol. The SMILES string of the molecule is CC(O)CC(C)CNC(=O)CC1C(=O)Nc2ccccc21. The van der Waals surface area contributed by atoms with E-state index in [0.29, 0.717) is 13.0 Å². The third-order valence-corrected chi connectivity index (χ3v) is 3.69. The Labute approximate surface area is 124 Å². The Hall–Kier alpha value is -1.88. The van der Waals surface area contributed by atoms with Crippen LogP contribution in [0.5, 0.6) is 0 Å². The lowest BCUT2D eigenvalue weighted by atomic mass is 9.96. The summed E-state index contributed by atoms with van der Waals surface area (Å²) in [6.07, 6.45) is 0.432. The van der Waals surface area contributed by atoms with Gasteiger partial charge in [-0.25, -0.2) is 0 Å². The first-order valence-electron chi connectivity index (χ1n) is 7.32. The van der Waals surface area contributed by atoms with Crippen molar-refractivity contribution < 1.29 is 14.7 Å². The number of aliphatic hydroxyl groups is 1. The lowest BCUT2D eigenvalue weighted by Gasteiger charge is -2.15. The summed E-state index contributed by atoms with van der Waals surface area (Å²) in [6, 6.07) is 7.45. The first-order chi connectivity index (χ1) is 9.97. The summed E-state index contributed by atoms with van der Waals surface area (Å²) in [6.45, 7) is 4.22. The molecule has 1 heterocycles. The van der Waals surface area contributed by atoms with Crippen molar-refractivity contribution in [3.05, 3.63) is 29.8 Å². The minimum Gasteiger partial charge on any atom is -0.393 e. The molecule has 1 aliphatic rings. The largest absolute Gasteiger partial charge is 0.393 e. The maximum atomic E-state index is 12.0. The van der Waals surface area contributed by atoms with Gasteiger partial charge in [-0.15, -0.1) is 0 Å². The van der Waals surface area contributed by atoms with Gasteiger partial charge in [-0.2, -0.15) is 0 Å². The molecule has 21 heavy (non-hydrogen) atoms. The molecule has 0 saturated carbocycles. The second kappa shape index (κ2) is 6.72. The molecule has 114 valence electrons. The van der Waals surface area contributed by atoms with Crippen molar-refractivity contribution in [1.82, 2.24) is 5.32 Å². The molecule has 3 unspecified atom stereocenters. The summed E-state index contributed by atoms with van der Waals surface area (Å²) in [4.78, 5) is 23.9. The zero-order chi connectivity index (χ0) is 15.4. The van der Waals surface area contributed by atoms with Crippen LogP contribution >= 0.6 is 0 Å². The summed E-state index contributed by atoms with van der Waals surface area (Å²) in [5, 5.41) is 14.9. The van der Waals surface area contributed by atoms with Gasteiger partial charge in [0.1, 0.15) is 0 Å². The van der Waals surface area contributed by atoms with Crippen molar-refractivity contribution in [2.45, 2.75) is 38.7 Å². The van der Waals surface area contributed by atoms with E-state index in [0.717, 1.165) is 11.3 Å². The molecule has 0 radical (unpaired) electrons. The molecule has 1 aromatic rings. The number of benzene rings is 1. The lowest BCUT2D eigenvalue weighted by Crippen LogP contribution is -2.31. The third-order valence-electron chi connectivity index (χ3n) is 3.69. The van der Waals surface area contributed by atoms with Crippen LogP contribution in [0.2, 0.25) is 0 Å². The zero-order valence-corrected chi connectivity index (χ0v) is 12.4. The van der Waals surface area contributed by atoms with Crippen LogP contribution in [0.25, 0.3) is 0 Å². The van der Waals surface area contributed by atoms with E-state index in [1.54, 1.807) is 6.92 Å². The summed E-state index contributed by atoms with van der Waals surface area (Å²) in [7, 11) is 0. The fourth-order valence-corrected chi connectivity index (χ4v) is 2.69. The number of hydrogen-bond acceptors (Lipinski definition) is 3. The number of para-hydroxylation sites is 1. The van der Waals surface area contributed by atoms with E-state index in [9.17, 15) is 14.7 Å². The quantitative estimate of drug-likeness (QED) is 0.745. The monoisotopic (exact) mass is 290 g/mol. The number of hydrogen-bond donors (Lipinski definition) is 3. The highest BCUT2D eigenvalue weighted by molar-refractivity contribution is 6.04. The molecule has 0 spiro atoms. The number of amides is 2.